The summed E-state index contributed by atoms with van der Waals surface area (Å²) < 4.78 is 27.0. The molecule has 1 fully saturated rings. The maximum atomic E-state index is 11.9. The molecule has 126 valence electrons. The number of thioether (sulfide) groups is 1. The Morgan fingerprint density at radius 2 is 2.09 bits per heavy atom. The smallest absolute Gasteiger partial charge is 0.250 e. The predicted molar refractivity (Wildman–Crippen MR) is 105 cm³/mol. The van der Waals surface area contributed by atoms with Crippen molar-refractivity contribution in [3.8, 4) is 0 Å². The summed E-state index contributed by atoms with van der Waals surface area (Å²) in [5.41, 5.74) is 5.89. The molecule has 0 saturated carbocycles. The van der Waals surface area contributed by atoms with Gasteiger partial charge in [0.15, 0.2) is 5.96 Å². The van der Waals surface area contributed by atoms with Gasteiger partial charge in [0.2, 0.25) is 10.0 Å². The molecule has 1 aromatic heterocycles. The molecule has 22 heavy (non-hydrogen) atoms. The molecule has 0 aromatic carbocycles. The second-order valence-corrected chi connectivity index (χ2v) is 9.23. The Labute approximate surface area is 160 Å². The highest BCUT2D eigenvalue weighted by Gasteiger charge is 2.16. The van der Waals surface area contributed by atoms with Gasteiger partial charge in [0, 0.05) is 31.1 Å². The third kappa shape index (κ3) is 6.04. The first-order valence-corrected chi connectivity index (χ1v) is 10.2. The number of nitrogens with one attached hydrogen (secondary N) is 1. The summed E-state index contributed by atoms with van der Waals surface area (Å²) in [6.07, 6.45) is 0. The number of nitrogens with two attached hydrogens (primary N) is 1. The lowest BCUT2D eigenvalue weighted by molar-refractivity contribution is 0.456. The molecule has 11 heteroatoms. The molecule has 1 aliphatic rings. The molecule has 6 nitrogen and oxygen atoms in total. The van der Waals surface area contributed by atoms with Crippen LogP contribution in [0.25, 0.3) is 0 Å². The van der Waals surface area contributed by atoms with Crippen molar-refractivity contribution in [3.63, 3.8) is 0 Å². The highest BCUT2D eigenvalue weighted by atomic mass is 127. The Morgan fingerprint density at radius 3 is 2.68 bits per heavy atom. The molecule has 0 radical (unpaired) electrons. The first kappa shape index (κ1) is 20.3. The lowest BCUT2D eigenvalue weighted by Gasteiger charge is -2.27. The van der Waals surface area contributed by atoms with Crippen LogP contribution < -0.4 is 10.5 Å². The van der Waals surface area contributed by atoms with Crippen molar-refractivity contribution in [2.24, 2.45) is 10.7 Å². The van der Waals surface area contributed by atoms with Crippen molar-refractivity contribution in [1.29, 1.82) is 0 Å². The largest absolute Gasteiger partial charge is 0.370 e. The lowest BCUT2D eigenvalue weighted by Crippen LogP contribution is -2.43. The molecule has 0 atom stereocenters. The summed E-state index contributed by atoms with van der Waals surface area (Å²) in [5.74, 6) is 2.57. The number of hydrogen-bond donors (Lipinski definition) is 2. The number of rotatable bonds is 5. The zero-order chi connectivity index (χ0) is 15.3. The number of nitrogens with zero attached hydrogens (tertiary/aromatic N) is 2. The first-order valence-electron chi connectivity index (χ1n) is 6.36. The van der Waals surface area contributed by atoms with Crippen molar-refractivity contribution in [3.05, 3.63) is 16.5 Å². The first-order chi connectivity index (χ1) is 9.99. The number of hydrogen-bond acceptors (Lipinski definition) is 5. The van der Waals surface area contributed by atoms with E-state index >= 15 is 0 Å². The number of guanidine groups is 1. The van der Waals surface area contributed by atoms with Gasteiger partial charge in [-0.15, -0.1) is 35.3 Å². The molecule has 1 aromatic rings. The Kier molecular flexibility index (Phi) is 8.78. The van der Waals surface area contributed by atoms with Gasteiger partial charge in [-0.3, -0.25) is 4.99 Å². The van der Waals surface area contributed by atoms with Crippen molar-refractivity contribution < 1.29 is 8.42 Å². The minimum atomic E-state index is -3.51. The Hall–Kier alpha value is 0.250. The van der Waals surface area contributed by atoms with E-state index in [0.29, 0.717) is 16.8 Å². The average molecular weight is 497 g/mol. The molecule has 0 spiro atoms. The van der Waals surface area contributed by atoms with Crippen LogP contribution >= 0.6 is 58.7 Å². The standard InChI is InChI=1S/C11H17ClN4O2S3.HI/c12-9-1-2-10(20-9)21(17,18)15-4-3-14-11(13)16-5-7-19-8-6-16;/h1-2,15H,3-8H2,(H2,13,14);1H. The van der Waals surface area contributed by atoms with Crippen LogP contribution in [0.1, 0.15) is 0 Å². The molecule has 2 rings (SSSR count). The van der Waals surface area contributed by atoms with Crippen LogP contribution in [0.15, 0.2) is 21.3 Å². The Morgan fingerprint density at radius 1 is 1.41 bits per heavy atom. The summed E-state index contributed by atoms with van der Waals surface area (Å²) in [4.78, 5) is 6.23. The van der Waals surface area contributed by atoms with Gasteiger partial charge in [0.1, 0.15) is 4.21 Å². The van der Waals surface area contributed by atoms with E-state index in [1.165, 1.54) is 6.07 Å². The van der Waals surface area contributed by atoms with Crippen LogP contribution in [0.2, 0.25) is 4.34 Å². The minimum absolute atomic E-state index is 0. The monoisotopic (exact) mass is 496 g/mol. The summed E-state index contributed by atoms with van der Waals surface area (Å²) in [6.45, 7) is 2.30. The summed E-state index contributed by atoms with van der Waals surface area (Å²) in [6, 6.07) is 3.05. The second kappa shape index (κ2) is 9.52. The molecular weight excluding hydrogens is 479 g/mol. The summed E-state index contributed by atoms with van der Waals surface area (Å²) in [5, 5.41) is 0. The van der Waals surface area contributed by atoms with Crippen molar-refractivity contribution in [1.82, 2.24) is 9.62 Å². The molecular formula is C11H18ClIN4O2S3. The zero-order valence-electron chi connectivity index (χ0n) is 11.7. The molecule has 0 unspecified atom stereocenters. The molecule has 0 bridgehead atoms. The van der Waals surface area contributed by atoms with Crippen LogP contribution in [0.4, 0.5) is 0 Å². The van der Waals surface area contributed by atoms with E-state index in [1.54, 1.807) is 6.07 Å². The number of halogens is 2. The quantitative estimate of drug-likeness (QED) is 0.280. The van der Waals surface area contributed by atoms with Gasteiger partial charge in [0.05, 0.1) is 10.9 Å². The van der Waals surface area contributed by atoms with Gasteiger partial charge in [-0.25, -0.2) is 13.1 Å². The molecule has 1 saturated heterocycles. The molecule has 1 aliphatic heterocycles. The van der Waals surface area contributed by atoms with Crippen LogP contribution in [0, 0.1) is 0 Å². The van der Waals surface area contributed by atoms with E-state index in [9.17, 15) is 8.42 Å². The SMILES string of the molecule is I.NC(=NCCNS(=O)(=O)c1ccc(Cl)s1)N1CCSCC1. The van der Waals surface area contributed by atoms with E-state index in [-0.39, 0.29) is 34.7 Å². The van der Waals surface area contributed by atoms with Crippen molar-refractivity contribution in [2.45, 2.75) is 4.21 Å². The third-order valence-electron chi connectivity index (χ3n) is 2.83. The maximum Gasteiger partial charge on any atom is 0.250 e. The van der Waals surface area contributed by atoms with Crippen LogP contribution in [-0.4, -0.2) is 57.0 Å². The van der Waals surface area contributed by atoms with E-state index < -0.39 is 10.0 Å². The van der Waals surface area contributed by atoms with E-state index in [1.807, 2.05) is 16.7 Å². The second-order valence-electron chi connectivity index (χ2n) is 4.30. The molecule has 3 N–H and O–H groups in total. The van der Waals surface area contributed by atoms with Gasteiger partial charge >= 0.3 is 0 Å². The molecule has 0 amide bonds. The highest BCUT2D eigenvalue weighted by molar-refractivity contribution is 14.0. The van der Waals surface area contributed by atoms with Gasteiger partial charge in [-0.1, -0.05) is 11.6 Å². The Bertz CT molecular complexity index is 602. The maximum absolute atomic E-state index is 11.9. The number of aliphatic imine (C=N–C) groups is 1. The Balaban J connectivity index is 0.00000242. The normalized spacial score (nSPS) is 16.4. The summed E-state index contributed by atoms with van der Waals surface area (Å²) >= 11 is 8.66. The molecule has 2 heterocycles. The number of thiophene rings is 1. The van der Waals surface area contributed by atoms with Gasteiger partial charge in [-0.05, 0) is 12.1 Å². The van der Waals surface area contributed by atoms with Crippen molar-refractivity contribution >= 4 is 74.7 Å². The average Bonchev–Trinajstić information content (AvgIpc) is 2.92. The fraction of sp³-hybridized carbons (Fsp3) is 0.545. The van der Waals surface area contributed by atoms with E-state index in [2.05, 4.69) is 9.71 Å². The topological polar surface area (TPSA) is 87.8 Å². The van der Waals surface area contributed by atoms with Gasteiger partial charge < -0.3 is 10.6 Å². The van der Waals surface area contributed by atoms with Crippen LogP contribution in [0.3, 0.4) is 0 Å². The van der Waals surface area contributed by atoms with Crippen LogP contribution in [0.5, 0.6) is 0 Å². The van der Waals surface area contributed by atoms with Gasteiger partial charge in [-0.2, -0.15) is 11.8 Å². The minimum Gasteiger partial charge on any atom is -0.370 e. The zero-order valence-corrected chi connectivity index (χ0v) is 17.2. The van der Waals surface area contributed by atoms with Crippen molar-refractivity contribution in [2.75, 3.05) is 37.7 Å². The van der Waals surface area contributed by atoms with Crippen LogP contribution in [-0.2, 0) is 10.0 Å². The lowest BCUT2D eigenvalue weighted by atomic mass is 10.5. The highest BCUT2D eigenvalue weighted by Crippen LogP contribution is 2.25. The van der Waals surface area contributed by atoms with Gasteiger partial charge in [0.25, 0.3) is 0 Å². The molecule has 0 aliphatic carbocycles. The fourth-order valence-corrected chi connectivity index (χ4v) is 5.21. The number of sulfonamides is 1. The summed E-state index contributed by atoms with van der Waals surface area (Å²) in [7, 11) is -3.51. The third-order valence-corrected chi connectivity index (χ3v) is 6.95. The van der Waals surface area contributed by atoms with E-state index in [4.69, 9.17) is 17.3 Å². The van der Waals surface area contributed by atoms with E-state index in [0.717, 1.165) is 35.9 Å². The fourth-order valence-electron chi connectivity index (χ4n) is 1.76. The predicted octanol–water partition coefficient (Wildman–Crippen LogP) is 1.66.